The Bertz CT molecular complexity index is 603. The first-order valence-corrected chi connectivity index (χ1v) is 15.7. The van der Waals surface area contributed by atoms with Gasteiger partial charge >= 0.3 is 74.3 Å². The second kappa shape index (κ2) is 29.0. The predicted octanol–water partition coefficient (Wildman–Crippen LogP) is 7.07. The van der Waals surface area contributed by atoms with E-state index >= 15 is 0 Å². The fourth-order valence-corrected chi connectivity index (χ4v) is 3.95. The SMILES string of the molecule is CCCCC(CC)C(=O)O.CCCCC(CC)C(=O)O.CCCCC(CC)C(=O)O.[SnH][c]1ccccc1. The third kappa shape index (κ3) is 27.3. The van der Waals surface area contributed by atoms with E-state index in [0.717, 1.165) is 77.0 Å². The van der Waals surface area contributed by atoms with E-state index < -0.39 is 17.9 Å². The van der Waals surface area contributed by atoms with E-state index in [9.17, 15) is 14.4 Å². The molecule has 0 heterocycles. The summed E-state index contributed by atoms with van der Waals surface area (Å²) >= 11 is 1.23. The van der Waals surface area contributed by atoms with Gasteiger partial charge in [-0.3, -0.25) is 14.4 Å². The number of aliphatic carboxylic acids is 3. The summed E-state index contributed by atoms with van der Waals surface area (Å²) < 4.78 is 1.45. The van der Waals surface area contributed by atoms with Crippen LogP contribution in [-0.2, 0) is 14.4 Å². The van der Waals surface area contributed by atoms with E-state index in [2.05, 4.69) is 45.0 Å². The van der Waals surface area contributed by atoms with Gasteiger partial charge in [0.25, 0.3) is 0 Å². The van der Waals surface area contributed by atoms with E-state index in [0.29, 0.717) is 0 Å². The van der Waals surface area contributed by atoms with Crippen LogP contribution in [0, 0.1) is 17.8 Å². The van der Waals surface area contributed by atoms with Crippen molar-refractivity contribution in [2.75, 3.05) is 0 Å². The van der Waals surface area contributed by atoms with Crippen molar-refractivity contribution in [2.45, 2.75) is 119 Å². The van der Waals surface area contributed by atoms with Gasteiger partial charge in [-0.15, -0.1) is 0 Å². The van der Waals surface area contributed by atoms with Crippen LogP contribution in [0.25, 0.3) is 0 Å². The van der Waals surface area contributed by atoms with Crippen molar-refractivity contribution in [3.05, 3.63) is 30.3 Å². The normalized spacial score (nSPS) is 12.2. The molecule has 0 aliphatic rings. The van der Waals surface area contributed by atoms with Crippen LogP contribution >= 0.6 is 0 Å². The first-order valence-electron chi connectivity index (χ1n) is 14.0. The van der Waals surface area contributed by atoms with Gasteiger partial charge in [-0.25, -0.2) is 0 Å². The molecule has 0 aliphatic heterocycles. The summed E-state index contributed by atoms with van der Waals surface area (Å²) in [5, 5.41) is 25.8. The van der Waals surface area contributed by atoms with Gasteiger partial charge in [0, 0.05) is 0 Å². The molecule has 37 heavy (non-hydrogen) atoms. The van der Waals surface area contributed by atoms with Gasteiger partial charge in [-0.05, 0) is 38.5 Å². The van der Waals surface area contributed by atoms with Crippen molar-refractivity contribution in [1.82, 2.24) is 0 Å². The number of hydrogen-bond acceptors (Lipinski definition) is 3. The zero-order valence-corrected chi connectivity index (χ0v) is 27.5. The van der Waals surface area contributed by atoms with Crippen molar-refractivity contribution in [1.29, 1.82) is 0 Å². The molecule has 7 heteroatoms. The standard InChI is InChI=1S/3C8H16O2.C6H5.Sn.H/c3*1-3-5-6-7(4-2)8(9)10;1-2-4-6-5-3-1;;/h3*7H,3-6H2,1-2H3,(H,9,10);1-5H;;. The second-order valence-corrected chi connectivity index (χ2v) is 11.1. The zero-order valence-electron chi connectivity index (χ0n) is 24.2. The maximum atomic E-state index is 10.4. The van der Waals surface area contributed by atoms with Crippen molar-refractivity contribution in [3.63, 3.8) is 0 Å². The molecule has 0 aromatic heterocycles. The van der Waals surface area contributed by atoms with E-state index in [1.807, 2.05) is 26.8 Å². The molecule has 0 saturated carbocycles. The molecule has 6 nitrogen and oxygen atoms in total. The van der Waals surface area contributed by atoms with E-state index in [1.54, 1.807) is 0 Å². The molecular formula is C30H54O6Sn. The number of hydrogen-bond donors (Lipinski definition) is 3. The molecule has 1 aromatic carbocycles. The zero-order chi connectivity index (χ0) is 29.1. The Hall–Kier alpha value is -1.57. The van der Waals surface area contributed by atoms with Crippen LogP contribution in [0.15, 0.2) is 30.3 Å². The van der Waals surface area contributed by atoms with Crippen LogP contribution in [0.3, 0.4) is 0 Å². The Labute approximate surface area is 239 Å². The number of rotatable bonds is 15. The summed E-state index contributed by atoms with van der Waals surface area (Å²) in [6.07, 6.45) is 11.1. The van der Waals surface area contributed by atoms with E-state index in [1.165, 1.54) is 26.1 Å². The Morgan fingerprint density at radius 2 is 0.865 bits per heavy atom. The number of benzene rings is 1. The molecule has 1 aromatic rings. The van der Waals surface area contributed by atoms with Gasteiger partial charge in [0.05, 0.1) is 17.8 Å². The average molecular weight is 629 g/mol. The van der Waals surface area contributed by atoms with Gasteiger partial charge < -0.3 is 15.3 Å². The molecule has 214 valence electrons. The molecule has 0 fully saturated rings. The summed E-state index contributed by atoms with van der Waals surface area (Å²) in [4.78, 5) is 31.3. The molecule has 0 amide bonds. The van der Waals surface area contributed by atoms with Crippen LogP contribution < -0.4 is 3.58 Å². The van der Waals surface area contributed by atoms with E-state index in [-0.39, 0.29) is 17.8 Å². The minimum absolute atomic E-state index is 0.111. The van der Waals surface area contributed by atoms with Gasteiger partial charge in [-0.2, -0.15) is 0 Å². The van der Waals surface area contributed by atoms with Crippen molar-refractivity contribution in [2.24, 2.45) is 17.8 Å². The number of carboxylic acids is 3. The molecule has 0 aliphatic carbocycles. The molecule has 1 rings (SSSR count). The molecular weight excluding hydrogens is 575 g/mol. The van der Waals surface area contributed by atoms with Gasteiger partial charge in [0.2, 0.25) is 0 Å². The summed E-state index contributed by atoms with van der Waals surface area (Å²) in [6.45, 7) is 12.0. The van der Waals surface area contributed by atoms with Gasteiger partial charge in [0.1, 0.15) is 0 Å². The first kappa shape index (κ1) is 39.9. The molecule has 0 saturated heterocycles. The Kier molecular flexibility index (Phi) is 31.3. The Morgan fingerprint density at radius 1 is 0.595 bits per heavy atom. The maximum absolute atomic E-state index is 10.4. The van der Waals surface area contributed by atoms with Crippen molar-refractivity contribution >= 4 is 44.0 Å². The topological polar surface area (TPSA) is 112 Å². The Balaban J connectivity index is -0.000000419. The molecule has 3 unspecified atom stereocenters. The summed E-state index contributed by atoms with van der Waals surface area (Å²) in [7, 11) is 0. The number of carboxylic acid groups (broad SMARTS) is 3. The van der Waals surface area contributed by atoms with Crippen molar-refractivity contribution in [3.8, 4) is 0 Å². The van der Waals surface area contributed by atoms with Crippen LogP contribution in [0.4, 0.5) is 0 Å². The number of unbranched alkanes of at least 4 members (excludes halogenated alkanes) is 3. The average Bonchev–Trinajstić information content (AvgIpc) is 2.86. The van der Waals surface area contributed by atoms with Gasteiger partial charge in [-0.1, -0.05) is 80.1 Å². The van der Waals surface area contributed by atoms with Crippen LogP contribution in [0.2, 0.25) is 0 Å². The van der Waals surface area contributed by atoms with E-state index in [4.69, 9.17) is 15.3 Å². The second-order valence-electron chi connectivity index (χ2n) is 9.17. The third-order valence-electron chi connectivity index (χ3n) is 6.04. The third-order valence-corrected chi connectivity index (χ3v) is 7.14. The summed E-state index contributed by atoms with van der Waals surface area (Å²) in [5.41, 5.74) is 0. The number of carbonyl (C=O) groups is 3. The predicted molar refractivity (Wildman–Crippen MR) is 156 cm³/mol. The quantitative estimate of drug-likeness (QED) is 0.179. The molecule has 0 spiro atoms. The Morgan fingerprint density at radius 3 is 1.00 bits per heavy atom. The monoisotopic (exact) mass is 630 g/mol. The minimum atomic E-state index is -0.643. The fourth-order valence-electron chi connectivity index (χ4n) is 3.31. The first-order chi connectivity index (χ1) is 17.6. The fraction of sp³-hybridized carbons (Fsp3) is 0.700. The van der Waals surface area contributed by atoms with Gasteiger partial charge in [0.15, 0.2) is 0 Å². The van der Waals surface area contributed by atoms with Crippen LogP contribution in [0.1, 0.15) is 119 Å². The molecule has 3 N–H and O–H groups in total. The van der Waals surface area contributed by atoms with Crippen LogP contribution in [0.5, 0.6) is 0 Å². The summed E-state index contributed by atoms with van der Waals surface area (Å²) in [5.74, 6) is -2.26. The molecule has 2 radical (unpaired) electrons. The summed E-state index contributed by atoms with van der Waals surface area (Å²) in [6, 6.07) is 10.5. The van der Waals surface area contributed by atoms with Crippen LogP contribution in [-0.4, -0.2) is 55.8 Å². The molecule has 0 bridgehead atoms. The van der Waals surface area contributed by atoms with Crippen molar-refractivity contribution < 1.29 is 29.7 Å². The molecule has 3 atom stereocenters.